The van der Waals surface area contributed by atoms with Crippen LogP contribution in [0.5, 0.6) is 5.75 Å². The zero-order valence-electron chi connectivity index (χ0n) is 20.0. The summed E-state index contributed by atoms with van der Waals surface area (Å²) in [5.41, 5.74) is 0.898. The molecule has 2 atom stereocenters. The molecule has 0 bridgehead atoms. The van der Waals surface area contributed by atoms with Crippen LogP contribution in [0.15, 0.2) is 30.7 Å². The predicted molar refractivity (Wildman–Crippen MR) is 126 cm³/mol. The number of carbonyl (C=O) groups excluding carboxylic acids is 2. The molecule has 38 heavy (non-hydrogen) atoms. The number of rotatable bonds is 5. The van der Waals surface area contributed by atoms with Crippen LogP contribution in [-0.4, -0.2) is 45.8 Å². The van der Waals surface area contributed by atoms with Crippen LogP contribution in [0.25, 0.3) is 10.6 Å². The summed E-state index contributed by atoms with van der Waals surface area (Å²) in [6, 6.07) is 2.12. The number of alkyl halides is 5. The van der Waals surface area contributed by atoms with Crippen molar-refractivity contribution in [1.29, 1.82) is 0 Å². The number of anilines is 1. The van der Waals surface area contributed by atoms with Gasteiger partial charge in [-0.05, 0) is 26.0 Å². The molecule has 1 aromatic carbocycles. The van der Waals surface area contributed by atoms with Crippen molar-refractivity contribution in [1.82, 2.24) is 20.3 Å². The van der Waals surface area contributed by atoms with E-state index in [1.54, 1.807) is 13.1 Å². The fourth-order valence-electron chi connectivity index (χ4n) is 4.06. The molecule has 200 valence electrons. The molecular formula is C24H20F5N5O3S. The Hall–Kier alpha value is -3.68. The molecule has 8 nitrogen and oxygen atoms in total. The van der Waals surface area contributed by atoms with Crippen molar-refractivity contribution in [2.45, 2.75) is 38.4 Å². The van der Waals surface area contributed by atoms with Gasteiger partial charge < -0.3 is 15.0 Å². The van der Waals surface area contributed by atoms with Crippen LogP contribution in [0.1, 0.15) is 46.0 Å². The quantitative estimate of drug-likeness (QED) is 0.456. The molecule has 0 saturated heterocycles. The van der Waals surface area contributed by atoms with Gasteiger partial charge in [0.2, 0.25) is 11.7 Å². The van der Waals surface area contributed by atoms with Crippen LogP contribution in [0.4, 0.5) is 27.6 Å². The molecule has 1 saturated carbocycles. The summed E-state index contributed by atoms with van der Waals surface area (Å²) in [6.45, 7) is 3.48. The van der Waals surface area contributed by atoms with Crippen molar-refractivity contribution in [3.8, 4) is 16.3 Å². The van der Waals surface area contributed by atoms with E-state index in [9.17, 15) is 31.5 Å². The number of benzene rings is 1. The smallest absolute Gasteiger partial charge is 0.451 e. The first-order valence-corrected chi connectivity index (χ1v) is 12.3. The summed E-state index contributed by atoms with van der Waals surface area (Å²) >= 11 is 1.32. The van der Waals surface area contributed by atoms with Crippen molar-refractivity contribution in [3.63, 3.8) is 0 Å². The molecular weight excluding hydrogens is 533 g/mol. The number of thiazole rings is 1. The minimum absolute atomic E-state index is 0.0269. The standard InChI is InChI=1S/C24H20F5N5O3S/c1-11-8-30-20(38-11)15-5-13(19(35)33-12(2)14-9-31-22(32-10-14)24(27,28)29)6-17-18(15)37-4-3-34(17)21(36)16-7-23(16,25)26/h5-6,8-10,12,16H,3-4,7H2,1-2H3,(H,33,35). The summed E-state index contributed by atoms with van der Waals surface area (Å²) < 4.78 is 71.6. The fraction of sp³-hybridized carbons (Fsp3) is 0.375. The summed E-state index contributed by atoms with van der Waals surface area (Å²) in [5, 5.41) is 3.18. The molecule has 2 aromatic heterocycles. The van der Waals surface area contributed by atoms with Crippen molar-refractivity contribution in [3.05, 3.63) is 52.6 Å². The Morgan fingerprint density at radius 2 is 1.87 bits per heavy atom. The Morgan fingerprint density at radius 3 is 2.45 bits per heavy atom. The Bertz CT molecular complexity index is 1410. The SMILES string of the molecule is Cc1cnc(-c2cc(C(=O)NC(C)c3cnc(C(F)(F)F)nc3)cc3c2OCCN3C(=O)C2CC2(F)F)s1. The highest BCUT2D eigenvalue weighted by Crippen LogP contribution is 2.51. The first kappa shape index (κ1) is 25.9. The third-order valence-electron chi connectivity index (χ3n) is 6.20. The topological polar surface area (TPSA) is 97.3 Å². The number of aromatic nitrogens is 3. The second-order valence-electron chi connectivity index (χ2n) is 9.04. The second kappa shape index (κ2) is 9.26. The average molecular weight is 554 g/mol. The molecule has 0 radical (unpaired) electrons. The lowest BCUT2D eigenvalue weighted by Gasteiger charge is -2.31. The highest BCUT2D eigenvalue weighted by molar-refractivity contribution is 7.15. The van der Waals surface area contributed by atoms with Gasteiger partial charge >= 0.3 is 6.18 Å². The lowest BCUT2D eigenvalue weighted by molar-refractivity contribution is -0.145. The van der Waals surface area contributed by atoms with Crippen LogP contribution >= 0.6 is 11.3 Å². The number of carbonyl (C=O) groups is 2. The number of amides is 2. The van der Waals surface area contributed by atoms with Gasteiger partial charge in [0.05, 0.1) is 23.8 Å². The number of fused-ring (bicyclic) bond motifs is 1. The Balaban J connectivity index is 1.48. The molecule has 1 fully saturated rings. The average Bonchev–Trinajstić information content (AvgIpc) is 3.29. The highest BCUT2D eigenvalue weighted by Gasteiger charge is 2.62. The van der Waals surface area contributed by atoms with Gasteiger partial charge in [0.15, 0.2) is 5.75 Å². The van der Waals surface area contributed by atoms with Gasteiger partial charge in [0.25, 0.3) is 11.8 Å². The molecule has 0 spiro atoms. The van der Waals surface area contributed by atoms with E-state index in [1.165, 1.54) is 28.4 Å². The van der Waals surface area contributed by atoms with E-state index in [-0.39, 0.29) is 35.7 Å². The van der Waals surface area contributed by atoms with E-state index in [4.69, 9.17) is 4.74 Å². The zero-order valence-corrected chi connectivity index (χ0v) is 20.8. The van der Waals surface area contributed by atoms with E-state index < -0.39 is 48.1 Å². The van der Waals surface area contributed by atoms with E-state index in [0.717, 1.165) is 17.3 Å². The normalized spacial score (nSPS) is 18.8. The van der Waals surface area contributed by atoms with Gasteiger partial charge in [0.1, 0.15) is 17.5 Å². The maximum Gasteiger partial charge on any atom is 0.451 e. The molecule has 2 aliphatic rings. The van der Waals surface area contributed by atoms with Crippen molar-refractivity contribution >= 4 is 28.8 Å². The maximum absolute atomic E-state index is 13.7. The minimum Gasteiger partial charge on any atom is -0.489 e. The van der Waals surface area contributed by atoms with Crippen LogP contribution in [0.3, 0.4) is 0 Å². The molecule has 3 aromatic rings. The Kier molecular flexibility index (Phi) is 6.32. The largest absolute Gasteiger partial charge is 0.489 e. The zero-order chi connectivity index (χ0) is 27.4. The molecule has 3 heterocycles. The Labute approximate surface area is 216 Å². The summed E-state index contributed by atoms with van der Waals surface area (Å²) in [7, 11) is 0. The third-order valence-corrected chi connectivity index (χ3v) is 7.14. The first-order chi connectivity index (χ1) is 17.8. The molecule has 14 heteroatoms. The number of hydrogen-bond donors (Lipinski definition) is 1. The molecule has 1 aliphatic heterocycles. The van der Waals surface area contributed by atoms with E-state index in [0.29, 0.717) is 10.6 Å². The molecule has 1 aliphatic carbocycles. The maximum atomic E-state index is 13.7. The van der Waals surface area contributed by atoms with E-state index in [1.807, 2.05) is 6.92 Å². The van der Waals surface area contributed by atoms with Crippen LogP contribution in [-0.2, 0) is 11.0 Å². The van der Waals surface area contributed by atoms with Crippen molar-refractivity contribution in [2.24, 2.45) is 5.92 Å². The number of nitrogens with one attached hydrogen (secondary N) is 1. The summed E-state index contributed by atoms with van der Waals surface area (Å²) in [4.78, 5) is 39.2. The van der Waals surface area contributed by atoms with Gasteiger partial charge in [-0.15, -0.1) is 11.3 Å². The highest BCUT2D eigenvalue weighted by atomic mass is 32.1. The fourth-order valence-corrected chi connectivity index (χ4v) is 4.84. The van der Waals surface area contributed by atoms with Gasteiger partial charge in [-0.25, -0.2) is 23.7 Å². The number of ether oxygens (including phenoxy) is 1. The van der Waals surface area contributed by atoms with Crippen LogP contribution in [0, 0.1) is 12.8 Å². The number of nitrogens with zero attached hydrogens (tertiary/aromatic N) is 4. The molecule has 1 N–H and O–H groups in total. The van der Waals surface area contributed by atoms with Crippen LogP contribution < -0.4 is 15.0 Å². The van der Waals surface area contributed by atoms with E-state index >= 15 is 0 Å². The van der Waals surface area contributed by atoms with Gasteiger partial charge in [0, 0.05) is 41.0 Å². The predicted octanol–water partition coefficient (Wildman–Crippen LogP) is 4.80. The van der Waals surface area contributed by atoms with Gasteiger partial charge in [-0.3, -0.25) is 9.59 Å². The van der Waals surface area contributed by atoms with Gasteiger partial charge in [-0.1, -0.05) is 0 Å². The lowest BCUT2D eigenvalue weighted by atomic mass is 10.0. The first-order valence-electron chi connectivity index (χ1n) is 11.5. The minimum atomic E-state index is -4.70. The number of halogens is 5. The van der Waals surface area contributed by atoms with Gasteiger partial charge in [-0.2, -0.15) is 13.2 Å². The monoisotopic (exact) mass is 553 g/mol. The second-order valence-corrected chi connectivity index (χ2v) is 10.3. The van der Waals surface area contributed by atoms with E-state index in [2.05, 4.69) is 20.3 Å². The molecule has 2 unspecified atom stereocenters. The molecule has 5 rings (SSSR count). The third kappa shape index (κ3) is 4.91. The van der Waals surface area contributed by atoms with Crippen LogP contribution in [0.2, 0.25) is 0 Å². The molecule has 2 amide bonds. The van der Waals surface area contributed by atoms with Crippen molar-refractivity contribution < 1.29 is 36.3 Å². The lowest BCUT2D eigenvalue weighted by Crippen LogP contribution is -2.40. The van der Waals surface area contributed by atoms with Crippen molar-refractivity contribution in [2.75, 3.05) is 18.1 Å². The Morgan fingerprint density at radius 1 is 1.18 bits per heavy atom. The number of aryl methyl sites for hydroxylation is 1. The summed E-state index contributed by atoms with van der Waals surface area (Å²) in [5.74, 6) is -6.93. The number of hydrogen-bond acceptors (Lipinski definition) is 7. The summed E-state index contributed by atoms with van der Waals surface area (Å²) in [6.07, 6.45) is -1.66.